The highest BCUT2D eigenvalue weighted by Gasteiger charge is 2.21. The first-order valence-corrected chi connectivity index (χ1v) is 8.77. The molecule has 0 spiro atoms. The lowest BCUT2D eigenvalue weighted by molar-refractivity contribution is -0.123. The van der Waals surface area contributed by atoms with Gasteiger partial charge < -0.3 is 10.4 Å². The standard InChI is InChI=1S/C18H27ClN2O2/c1-13-4-3-9-21(12-13)14(2)11-20-18(23)10-17(22)15-5-7-16(19)8-6-15/h5-8,13-14,17,22H,3-4,9-12H2,1-2H3,(H,20,23). The number of aliphatic hydroxyl groups excluding tert-OH is 1. The van der Waals surface area contributed by atoms with Crippen LogP contribution in [0.5, 0.6) is 0 Å². The summed E-state index contributed by atoms with van der Waals surface area (Å²) >= 11 is 5.83. The topological polar surface area (TPSA) is 52.6 Å². The maximum absolute atomic E-state index is 12.0. The Hall–Kier alpha value is -1.10. The summed E-state index contributed by atoms with van der Waals surface area (Å²) in [5.74, 6) is 0.609. The maximum Gasteiger partial charge on any atom is 0.223 e. The zero-order valence-corrected chi connectivity index (χ0v) is 14.7. The van der Waals surface area contributed by atoms with Crippen LogP contribution in [0.15, 0.2) is 24.3 Å². The Morgan fingerprint density at radius 1 is 1.43 bits per heavy atom. The summed E-state index contributed by atoms with van der Waals surface area (Å²) in [5.41, 5.74) is 0.711. The van der Waals surface area contributed by atoms with Crippen LogP contribution >= 0.6 is 11.6 Å². The predicted octanol–water partition coefficient (Wildman–Crippen LogP) is 3.00. The van der Waals surface area contributed by atoms with E-state index >= 15 is 0 Å². The fraction of sp³-hybridized carbons (Fsp3) is 0.611. The summed E-state index contributed by atoms with van der Waals surface area (Å²) in [6.07, 6.45) is 1.81. The highest BCUT2D eigenvalue weighted by molar-refractivity contribution is 6.30. The summed E-state index contributed by atoms with van der Waals surface area (Å²) in [5, 5.41) is 13.7. The summed E-state index contributed by atoms with van der Waals surface area (Å²) in [6.45, 7) is 7.26. The van der Waals surface area contributed by atoms with Gasteiger partial charge in [0.2, 0.25) is 5.91 Å². The lowest BCUT2D eigenvalue weighted by Gasteiger charge is -2.35. The average Bonchev–Trinajstić information content (AvgIpc) is 2.53. The van der Waals surface area contributed by atoms with E-state index in [2.05, 4.69) is 24.1 Å². The molecule has 0 aliphatic carbocycles. The van der Waals surface area contributed by atoms with Crippen molar-refractivity contribution in [3.63, 3.8) is 0 Å². The molecule has 1 aromatic rings. The first-order chi connectivity index (χ1) is 11.0. The Labute approximate surface area is 143 Å². The molecule has 0 radical (unpaired) electrons. The van der Waals surface area contributed by atoms with E-state index in [1.54, 1.807) is 24.3 Å². The van der Waals surface area contributed by atoms with Crippen molar-refractivity contribution >= 4 is 17.5 Å². The maximum atomic E-state index is 12.0. The molecule has 1 saturated heterocycles. The fourth-order valence-electron chi connectivity index (χ4n) is 3.07. The molecule has 2 N–H and O–H groups in total. The molecule has 4 nitrogen and oxygen atoms in total. The van der Waals surface area contributed by atoms with E-state index in [1.807, 2.05) is 0 Å². The Morgan fingerprint density at radius 3 is 2.78 bits per heavy atom. The fourth-order valence-corrected chi connectivity index (χ4v) is 3.19. The molecular formula is C18H27ClN2O2. The van der Waals surface area contributed by atoms with Crippen molar-refractivity contribution < 1.29 is 9.90 Å². The molecule has 3 atom stereocenters. The van der Waals surface area contributed by atoms with Crippen molar-refractivity contribution in [2.75, 3.05) is 19.6 Å². The Kier molecular flexibility index (Phi) is 6.88. The first-order valence-electron chi connectivity index (χ1n) is 8.40. The van der Waals surface area contributed by atoms with Crippen LogP contribution in [0.2, 0.25) is 5.02 Å². The molecule has 1 amide bonds. The molecular weight excluding hydrogens is 312 g/mol. The van der Waals surface area contributed by atoms with Crippen molar-refractivity contribution in [1.29, 1.82) is 0 Å². The lowest BCUT2D eigenvalue weighted by atomic mass is 9.99. The van der Waals surface area contributed by atoms with Crippen molar-refractivity contribution in [2.45, 2.75) is 45.3 Å². The van der Waals surface area contributed by atoms with E-state index < -0.39 is 6.10 Å². The average molecular weight is 339 g/mol. The summed E-state index contributed by atoms with van der Waals surface area (Å²) in [6, 6.07) is 7.26. The Bertz CT molecular complexity index is 506. The molecule has 0 bridgehead atoms. The molecule has 0 aromatic heterocycles. The number of nitrogens with zero attached hydrogens (tertiary/aromatic N) is 1. The third-order valence-electron chi connectivity index (χ3n) is 4.54. The van der Waals surface area contributed by atoms with Crippen LogP contribution in [0.25, 0.3) is 0 Å². The number of benzene rings is 1. The lowest BCUT2D eigenvalue weighted by Crippen LogP contribution is -2.46. The Balaban J connectivity index is 1.74. The molecule has 1 heterocycles. The number of piperidine rings is 1. The largest absolute Gasteiger partial charge is 0.388 e. The highest BCUT2D eigenvalue weighted by Crippen LogP contribution is 2.19. The van der Waals surface area contributed by atoms with Crippen molar-refractivity contribution in [2.24, 2.45) is 5.92 Å². The number of rotatable bonds is 6. The van der Waals surface area contributed by atoms with Crippen LogP contribution in [0.4, 0.5) is 0 Å². The number of halogens is 1. The normalized spacial score (nSPS) is 21.7. The molecule has 1 aromatic carbocycles. The highest BCUT2D eigenvalue weighted by atomic mass is 35.5. The number of aliphatic hydroxyl groups is 1. The van der Waals surface area contributed by atoms with Crippen LogP contribution in [0, 0.1) is 5.92 Å². The summed E-state index contributed by atoms with van der Waals surface area (Å²) in [7, 11) is 0. The van der Waals surface area contributed by atoms with E-state index in [0.29, 0.717) is 23.2 Å². The predicted molar refractivity (Wildman–Crippen MR) is 93.5 cm³/mol. The molecule has 1 aliphatic heterocycles. The molecule has 1 fully saturated rings. The second-order valence-electron chi connectivity index (χ2n) is 6.67. The third-order valence-corrected chi connectivity index (χ3v) is 4.79. The number of likely N-dealkylation sites (tertiary alicyclic amines) is 1. The van der Waals surface area contributed by atoms with Crippen molar-refractivity contribution in [1.82, 2.24) is 10.2 Å². The van der Waals surface area contributed by atoms with Gasteiger partial charge in [-0.3, -0.25) is 9.69 Å². The summed E-state index contributed by atoms with van der Waals surface area (Å²) < 4.78 is 0. The van der Waals surface area contributed by atoms with Crippen LogP contribution < -0.4 is 5.32 Å². The molecule has 23 heavy (non-hydrogen) atoms. The van der Waals surface area contributed by atoms with Gasteiger partial charge in [0.05, 0.1) is 12.5 Å². The molecule has 1 aliphatic rings. The SMILES string of the molecule is CC1CCCN(C(C)CNC(=O)CC(O)c2ccc(Cl)cc2)C1. The van der Waals surface area contributed by atoms with Crippen LogP contribution in [0.3, 0.4) is 0 Å². The van der Waals surface area contributed by atoms with Gasteiger partial charge >= 0.3 is 0 Å². The minimum absolute atomic E-state index is 0.0742. The van der Waals surface area contributed by atoms with Gasteiger partial charge in [-0.2, -0.15) is 0 Å². The van der Waals surface area contributed by atoms with Gasteiger partial charge in [0, 0.05) is 24.2 Å². The van der Waals surface area contributed by atoms with E-state index in [9.17, 15) is 9.90 Å². The monoisotopic (exact) mass is 338 g/mol. The van der Waals surface area contributed by atoms with E-state index in [0.717, 1.165) is 19.0 Å². The molecule has 128 valence electrons. The zero-order chi connectivity index (χ0) is 16.8. The molecule has 5 heteroatoms. The van der Waals surface area contributed by atoms with E-state index in [4.69, 9.17) is 11.6 Å². The smallest absolute Gasteiger partial charge is 0.223 e. The molecule has 2 rings (SSSR count). The number of carbonyl (C=O) groups is 1. The van der Waals surface area contributed by atoms with Gasteiger partial charge in [0.25, 0.3) is 0 Å². The summed E-state index contributed by atoms with van der Waals surface area (Å²) in [4.78, 5) is 14.5. The van der Waals surface area contributed by atoms with Gasteiger partial charge in [-0.05, 0) is 49.9 Å². The minimum Gasteiger partial charge on any atom is -0.388 e. The third kappa shape index (κ3) is 5.79. The van der Waals surface area contributed by atoms with Crippen molar-refractivity contribution in [3.8, 4) is 0 Å². The zero-order valence-electron chi connectivity index (χ0n) is 14.0. The number of hydrogen-bond donors (Lipinski definition) is 2. The molecule has 3 unspecified atom stereocenters. The van der Waals surface area contributed by atoms with Gasteiger partial charge in [-0.15, -0.1) is 0 Å². The first kappa shape index (κ1) is 18.2. The number of carbonyl (C=O) groups excluding carboxylic acids is 1. The number of amides is 1. The molecule has 0 saturated carbocycles. The second kappa shape index (κ2) is 8.67. The van der Waals surface area contributed by atoms with Gasteiger partial charge in [0.1, 0.15) is 0 Å². The number of hydrogen-bond acceptors (Lipinski definition) is 3. The van der Waals surface area contributed by atoms with Gasteiger partial charge in [-0.25, -0.2) is 0 Å². The van der Waals surface area contributed by atoms with Crippen LogP contribution in [-0.4, -0.2) is 41.6 Å². The van der Waals surface area contributed by atoms with Gasteiger partial charge in [-0.1, -0.05) is 30.7 Å². The number of nitrogens with one attached hydrogen (secondary N) is 1. The quantitative estimate of drug-likeness (QED) is 0.838. The van der Waals surface area contributed by atoms with E-state index in [-0.39, 0.29) is 12.3 Å². The van der Waals surface area contributed by atoms with Crippen molar-refractivity contribution in [3.05, 3.63) is 34.9 Å². The van der Waals surface area contributed by atoms with Crippen LogP contribution in [0.1, 0.15) is 44.8 Å². The van der Waals surface area contributed by atoms with Crippen LogP contribution in [-0.2, 0) is 4.79 Å². The minimum atomic E-state index is -0.794. The Morgan fingerprint density at radius 2 is 2.13 bits per heavy atom. The van der Waals surface area contributed by atoms with Gasteiger partial charge in [0.15, 0.2) is 0 Å². The van der Waals surface area contributed by atoms with E-state index in [1.165, 1.54) is 12.8 Å². The second-order valence-corrected chi connectivity index (χ2v) is 7.10.